The van der Waals surface area contributed by atoms with Gasteiger partial charge in [0.05, 0.1) is 10.6 Å². The Balaban J connectivity index is 2.69. The molecule has 0 saturated heterocycles. The Morgan fingerprint density at radius 2 is 2.12 bits per heavy atom. The molecule has 0 spiro atoms. The van der Waals surface area contributed by atoms with Gasteiger partial charge < -0.3 is 5.73 Å². The third-order valence-electron chi connectivity index (χ3n) is 2.43. The van der Waals surface area contributed by atoms with Crippen LogP contribution in [0.4, 0.5) is 0 Å². The fourth-order valence-corrected chi connectivity index (χ4v) is 2.01. The average Bonchev–Trinajstić information content (AvgIpc) is 2.16. The van der Waals surface area contributed by atoms with E-state index >= 15 is 0 Å². The van der Waals surface area contributed by atoms with Crippen LogP contribution in [0.2, 0.25) is 5.02 Å². The van der Waals surface area contributed by atoms with E-state index in [1.165, 1.54) is 0 Å². The molecule has 0 radical (unpaired) electrons. The highest BCUT2D eigenvalue weighted by Crippen LogP contribution is 2.18. The van der Waals surface area contributed by atoms with Crippen molar-refractivity contribution in [3.05, 3.63) is 34.3 Å². The van der Waals surface area contributed by atoms with Gasteiger partial charge in [-0.1, -0.05) is 31.5 Å². The first-order valence-corrected chi connectivity index (χ1v) is 5.84. The third-order valence-corrected chi connectivity index (χ3v) is 2.74. The van der Waals surface area contributed by atoms with E-state index in [2.05, 4.69) is 13.8 Å². The molecule has 0 saturated carbocycles. The SMILES string of the molecule is CC(C)CC(N)Cc1ccc(C#N)c(Cl)c1. The molecular formula is C13H17ClN2. The van der Waals surface area contributed by atoms with Gasteiger partial charge in [0.25, 0.3) is 0 Å². The summed E-state index contributed by atoms with van der Waals surface area (Å²) >= 11 is 5.96. The molecule has 0 aliphatic rings. The molecule has 1 unspecified atom stereocenters. The summed E-state index contributed by atoms with van der Waals surface area (Å²) in [5.74, 6) is 0.601. The van der Waals surface area contributed by atoms with Crippen molar-refractivity contribution in [1.82, 2.24) is 0 Å². The standard InChI is InChI=1S/C13H17ClN2/c1-9(2)5-12(16)6-10-3-4-11(8-15)13(14)7-10/h3-4,7,9,12H,5-6,16H2,1-2H3. The minimum Gasteiger partial charge on any atom is -0.327 e. The lowest BCUT2D eigenvalue weighted by Gasteiger charge is -2.14. The summed E-state index contributed by atoms with van der Waals surface area (Å²) in [5, 5.41) is 9.26. The van der Waals surface area contributed by atoms with E-state index in [9.17, 15) is 0 Å². The van der Waals surface area contributed by atoms with Crippen molar-refractivity contribution in [2.45, 2.75) is 32.7 Å². The number of nitrogens with two attached hydrogens (primary N) is 1. The van der Waals surface area contributed by atoms with Gasteiger partial charge in [0, 0.05) is 6.04 Å². The van der Waals surface area contributed by atoms with Crippen molar-refractivity contribution in [2.75, 3.05) is 0 Å². The number of hydrogen-bond acceptors (Lipinski definition) is 2. The van der Waals surface area contributed by atoms with E-state index in [4.69, 9.17) is 22.6 Å². The van der Waals surface area contributed by atoms with Gasteiger partial charge in [-0.05, 0) is 36.5 Å². The maximum absolute atomic E-state index is 8.75. The van der Waals surface area contributed by atoms with Crippen molar-refractivity contribution in [3.63, 3.8) is 0 Å². The second-order valence-corrected chi connectivity index (χ2v) is 4.93. The molecule has 2 nitrogen and oxygen atoms in total. The summed E-state index contributed by atoms with van der Waals surface area (Å²) in [6.45, 7) is 4.32. The zero-order valence-electron chi connectivity index (χ0n) is 9.70. The number of nitriles is 1. The maximum atomic E-state index is 8.75. The van der Waals surface area contributed by atoms with Gasteiger partial charge in [0.2, 0.25) is 0 Å². The Kier molecular flexibility index (Phi) is 4.79. The van der Waals surface area contributed by atoms with Crippen LogP contribution >= 0.6 is 11.6 Å². The molecule has 0 amide bonds. The maximum Gasteiger partial charge on any atom is 0.101 e. The summed E-state index contributed by atoms with van der Waals surface area (Å²) in [4.78, 5) is 0. The summed E-state index contributed by atoms with van der Waals surface area (Å²) in [5.41, 5.74) is 7.63. The van der Waals surface area contributed by atoms with E-state index in [0.717, 1.165) is 18.4 Å². The van der Waals surface area contributed by atoms with Gasteiger partial charge in [0.1, 0.15) is 6.07 Å². The molecule has 16 heavy (non-hydrogen) atoms. The lowest BCUT2D eigenvalue weighted by Crippen LogP contribution is -2.24. The Morgan fingerprint density at radius 3 is 2.62 bits per heavy atom. The Morgan fingerprint density at radius 1 is 1.44 bits per heavy atom. The van der Waals surface area contributed by atoms with Crippen LogP contribution in [-0.4, -0.2) is 6.04 Å². The predicted octanol–water partition coefficient (Wildman–Crippen LogP) is 3.13. The molecule has 3 heteroatoms. The first-order chi connectivity index (χ1) is 7.52. The molecule has 0 aliphatic carbocycles. The first kappa shape index (κ1) is 13.0. The van der Waals surface area contributed by atoms with E-state index in [-0.39, 0.29) is 6.04 Å². The fourth-order valence-electron chi connectivity index (χ4n) is 1.77. The normalized spacial score (nSPS) is 12.5. The molecule has 0 heterocycles. The first-order valence-electron chi connectivity index (χ1n) is 5.47. The topological polar surface area (TPSA) is 49.8 Å². The highest BCUT2D eigenvalue weighted by Gasteiger charge is 2.08. The fraction of sp³-hybridized carbons (Fsp3) is 0.462. The van der Waals surface area contributed by atoms with Crippen LogP contribution in [0.15, 0.2) is 18.2 Å². The molecular weight excluding hydrogens is 220 g/mol. The van der Waals surface area contributed by atoms with Crippen LogP contribution in [0.25, 0.3) is 0 Å². The Hall–Kier alpha value is -1.04. The Bertz CT molecular complexity index is 393. The smallest absolute Gasteiger partial charge is 0.101 e. The number of hydrogen-bond donors (Lipinski definition) is 1. The molecule has 1 aromatic rings. The van der Waals surface area contributed by atoms with Crippen LogP contribution in [0.1, 0.15) is 31.4 Å². The van der Waals surface area contributed by atoms with Crippen molar-refractivity contribution >= 4 is 11.6 Å². The van der Waals surface area contributed by atoms with Crippen molar-refractivity contribution in [3.8, 4) is 6.07 Å². The van der Waals surface area contributed by atoms with Crippen LogP contribution < -0.4 is 5.73 Å². The number of benzene rings is 1. The molecule has 0 fully saturated rings. The highest BCUT2D eigenvalue weighted by molar-refractivity contribution is 6.31. The zero-order chi connectivity index (χ0) is 12.1. The van der Waals surface area contributed by atoms with Crippen LogP contribution in [0.5, 0.6) is 0 Å². The molecule has 0 aliphatic heterocycles. The summed E-state index contributed by atoms with van der Waals surface area (Å²) < 4.78 is 0. The summed E-state index contributed by atoms with van der Waals surface area (Å²) in [6.07, 6.45) is 1.81. The molecule has 1 rings (SSSR count). The van der Waals surface area contributed by atoms with Crippen molar-refractivity contribution in [1.29, 1.82) is 5.26 Å². The van der Waals surface area contributed by atoms with Gasteiger partial charge in [-0.25, -0.2) is 0 Å². The third kappa shape index (κ3) is 3.84. The molecule has 0 bridgehead atoms. The van der Waals surface area contributed by atoms with Gasteiger partial charge in [-0.3, -0.25) is 0 Å². The molecule has 1 atom stereocenters. The summed E-state index contributed by atoms with van der Waals surface area (Å²) in [6, 6.07) is 7.71. The number of nitrogens with zero attached hydrogens (tertiary/aromatic N) is 1. The minimum atomic E-state index is 0.156. The van der Waals surface area contributed by atoms with E-state index in [1.54, 1.807) is 6.07 Å². The average molecular weight is 237 g/mol. The van der Waals surface area contributed by atoms with Crippen molar-refractivity contribution < 1.29 is 0 Å². The monoisotopic (exact) mass is 236 g/mol. The van der Waals surface area contributed by atoms with Crippen LogP contribution in [-0.2, 0) is 6.42 Å². The van der Waals surface area contributed by atoms with Crippen LogP contribution in [0.3, 0.4) is 0 Å². The van der Waals surface area contributed by atoms with Crippen LogP contribution in [0, 0.1) is 17.2 Å². The molecule has 0 aromatic heterocycles. The summed E-state index contributed by atoms with van der Waals surface area (Å²) in [7, 11) is 0. The molecule has 86 valence electrons. The minimum absolute atomic E-state index is 0.156. The molecule has 1 aromatic carbocycles. The van der Waals surface area contributed by atoms with Gasteiger partial charge in [-0.2, -0.15) is 5.26 Å². The van der Waals surface area contributed by atoms with E-state index in [1.807, 2.05) is 18.2 Å². The van der Waals surface area contributed by atoms with Gasteiger partial charge >= 0.3 is 0 Å². The number of halogens is 1. The lowest BCUT2D eigenvalue weighted by atomic mass is 9.97. The zero-order valence-corrected chi connectivity index (χ0v) is 10.5. The molecule has 2 N–H and O–H groups in total. The van der Waals surface area contributed by atoms with Gasteiger partial charge in [-0.15, -0.1) is 0 Å². The van der Waals surface area contributed by atoms with Crippen molar-refractivity contribution in [2.24, 2.45) is 11.7 Å². The highest BCUT2D eigenvalue weighted by atomic mass is 35.5. The Labute approximate surface area is 102 Å². The van der Waals surface area contributed by atoms with E-state index < -0.39 is 0 Å². The van der Waals surface area contributed by atoms with E-state index in [0.29, 0.717) is 16.5 Å². The quantitative estimate of drug-likeness (QED) is 0.873. The predicted molar refractivity (Wildman–Crippen MR) is 67.3 cm³/mol. The lowest BCUT2D eigenvalue weighted by molar-refractivity contribution is 0.493. The number of rotatable bonds is 4. The largest absolute Gasteiger partial charge is 0.327 e. The second kappa shape index (κ2) is 5.89. The van der Waals surface area contributed by atoms with Gasteiger partial charge in [0.15, 0.2) is 0 Å². The second-order valence-electron chi connectivity index (χ2n) is 4.52.